The summed E-state index contributed by atoms with van der Waals surface area (Å²) in [7, 11) is 0. The Kier molecular flexibility index (Phi) is 4.70. The summed E-state index contributed by atoms with van der Waals surface area (Å²) in [5.74, 6) is -0.630. The van der Waals surface area contributed by atoms with Gasteiger partial charge in [-0.25, -0.2) is 4.79 Å². The fourth-order valence-electron chi connectivity index (χ4n) is 2.45. The Balaban J connectivity index is 1.86. The number of nitrogens with one attached hydrogen (secondary N) is 2. The molecule has 0 aliphatic heterocycles. The maximum atomic E-state index is 12.3. The first-order valence-corrected chi connectivity index (χ1v) is 8.49. The number of rotatable bonds is 3. The van der Waals surface area contributed by atoms with E-state index in [9.17, 15) is 9.59 Å². The van der Waals surface area contributed by atoms with E-state index >= 15 is 0 Å². The van der Waals surface area contributed by atoms with Gasteiger partial charge in [-0.15, -0.1) is 5.10 Å². The lowest BCUT2D eigenvalue weighted by atomic mass is 9.87. The first kappa shape index (κ1) is 17.9. The monoisotopic (exact) mass is 370 g/mol. The molecule has 0 radical (unpaired) electrons. The highest BCUT2D eigenvalue weighted by molar-refractivity contribution is 6.33. The lowest BCUT2D eigenvalue weighted by molar-refractivity contribution is 0.101. The molecule has 0 aliphatic rings. The topological polar surface area (TPSA) is 79.8 Å². The van der Waals surface area contributed by atoms with Gasteiger partial charge in [0.2, 0.25) is 5.82 Å². The standard InChI is InChI=1S/C19H19ClN4O2/c1-19(2,3)12-8-10-13(11-9-12)24-18(26)22-16(23-24)17(25)21-15-7-5-4-6-14(15)20/h4-11H,1-3H3,(H,21,25)(H,22,23,26). The van der Waals surface area contributed by atoms with Crippen molar-refractivity contribution in [2.45, 2.75) is 26.2 Å². The summed E-state index contributed by atoms with van der Waals surface area (Å²) in [6.45, 7) is 6.33. The van der Waals surface area contributed by atoms with Crippen molar-refractivity contribution in [2.24, 2.45) is 0 Å². The number of para-hydroxylation sites is 1. The largest absolute Gasteiger partial charge is 0.348 e. The average Bonchev–Trinajstić information content (AvgIpc) is 2.98. The molecule has 0 bridgehead atoms. The van der Waals surface area contributed by atoms with Gasteiger partial charge in [-0.05, 0) is 35.2 Å². The smallest absolute Gasteiger partial charge is 0.318 e. The number of halogens is 1. The third-order valence-corrected chi connectivity index (χ3v) is 4.26. The fraction of sp³-hybridized carbons (Fsp3) is 0.211. The molecule has 0 spiro atoms. The minimum absolute atomic E-state index is 0.00899. The van der Waals surface area contributed by atoms with Gasteiger partial charge < -0.3 is 5.32 Å². The van der Waals surface area contributed by atoms with Crippen molar-refractivity contribution >= 4 is 23.2 Å². The van der Waals surface area contributed by atoms with E-state index in [0.29, 0.717) is 16.4 Å². The van der Waals surface area contributed by atoms with Crippen molar-refractivity contribution in [1.29, 1.82) is 0 Å². The predicted molar refractivity (Wildman–Crippen MR) is 102 cm³/mol. The Morgan fingerprint density at radius 2 is 1.77 bits per heavy atom. The molecule has 2 N–H and O–H groups in total. The minimum atomic E-state index is -0.541. The second-order valence-corrected chi connectivity index (χ2v) is 7.33. The van der Waals surface area contributed by atoms with Crippen molar-refractivity contribution in [3.8, 4) is 5.69 Å². The summed E-state index contributed by atoms with van der Waals surface area (Å²) in [4.78, 5) is 27.0. The molecule has 6 nitrogen and oxygen atoms in total. The van der Waals surface area contributed by atoms with Crippen LogP contribution in [-0.4, -0.2) is 20.7 Å². The van der Waals surface area contributed by atoms with E-state index in [1.165, 1.54) is 0 Å². The van der Waals surface area contributed by atoms with E-state index in [4.69, 9.17) is 11.6 Å². The van der Waals surface area contributed by atoms with Crippen molar-refractivity contribution in [3.05, 3.63) is 75.4 Å². The zero-order valence-electron chi connectivity index (χ0n) is 14.7. The molecule has 0 aliphatic carbocycles. The molecule has 1 aromatic heterocycles. The molecule has 0 fully saturated rings. The molecule has 2 aromatic carbocycles. The zero-order chi connectivity index (χ0) is 18.9. The van der Waals surface area contributed by atoms with Gasteiger partial charge >= 0.3 is 5.69 Å². The number of carbonyl (C=O) groups is 1. The highest BCUT2D eigenvalue weighted by atomic mass is 35.5. The van der Waals surface area contributed by atoms with Crippen LogP contribution in [0.15, 0.2) is 53.3 Å². The molecule has 0 unspecified atom stereocenters. The van der Waals surface area contributed by atoms with Crippen LogP contribution >= 0.6 is 11.6 Å². The van der Waals surface area contributed by atoms with E-state index < -0.39 is 11.6 Å². The lowest BCUT2D eigenvalue weighted by Gasteiger charge is -2.18. The number of hydrogen-bond acceptors (Lipinski definition) is 3. The van der Waals surface area contributed by atoms with Gasteiger partial charge in [-0.1, -0.05) is 56.6 Å². The van der Waals surface area contributed by atoms with E-state index in [0.717, 1.165) is 10.2 Å². The van der Waals surface area contributed by atoms with Crippen LogP contribution in [0.2, 0.25) is 5.02 Å². The second-order valence-electron chi connectivity index (χ2n) is 6.92. The first-order chi connectivity index (χ1) is 12.3. The summed E-state index contributed by atoms with van der Waals surface area (Å²) in [5.41, 5.74) is 1.69. The Morgan fingerprint density at radius 3 is 2.38 bits per heavy atom. The minimum Gasteiger partial charge on any atom is -0.318 e. The van der Waals surface area contributed by atoms with Crippen LogP contribution in [-0.2, 0) is 5.41 Å². The molecule has 26 heavy (non-hydrogen) atoms. The highest BCUT2D eigenvalue weighted by Gasteiger charge is 2.17. The summed E-state index contributed by atoms with van der Waals surface area (Å²) < 4.78 is 1.16. The Hall–Kier alpha value is -2.86. The quantitative estimate of drug-likeness (QED) is 0.736. The summed E-state index contributed by atoms with van der Waals surface area (Å²) >= 11 is 6.03. The van der Waals surface area contributed by atoms with Gasteiger partial charge in [0.15, 0.2) is 0 Å². The molecule has 0 saturated heterocycles. The van der Waals surface area contributed by atoms with Crippen LogP contribution in [0.4, 0.5) is 5.69 Å². The number of hydrogen-bond donors (Lipinski definition) is 2. The second kappa shape index (κ2) is 6.80. The van der Waals surface area contributed by atoms with Crippen LogP contribution in [0.25, 0.3) is 5.69 Å². The molecule has 3 aromatic rings. The predicted octanol–water partition coefficient (Wildman–Crippen LogP) is 3.76. The maximum absolute atomic E-state index is 12.3. The number of anilines is 1. The summed E-state index contributed by atoms with van der Waals surface area (Å²) in [6, 6.07) is 14.3. The van der Waals surface area contributed by atoms with Crippen molar-refractivity contribution < 1.29 is 4.79 Å². The van der Waals surface area contributed by atoms with Crippen LogP contribution in [0.5, 0.6) is 0 Å². The highest BCUT2D eigenvalue weighted by Crippen LogP contribution is 2.23. The molecular weight excluding hydrogens is 352 g/mol. The van der Waals surface area contributed by atoms with Crippen LogP contribution in [0.1, 0.15) is 37.0 Å². The van der Waals surface area contributed by atoms with Gasteiger partial charge in [-0.2, -0.15) is 4.68 Å². The normalized spacial score (nSPS) is 11.4. The van der Waals surface area contributed by atoms with Gasteiger partial charge in [0.25, 0.3) is 5.91 Å². The Bertz CT molecular complexity index is 997. The SMILES string of the molecule is CC(C)(C)c1ccc(-n2nc(C(=O)Nc3ccccc3Cl)[nH]c2=O)cc1. The molecule has 7 heteroatoms. The first-order valence-electron chi connectivity index (χ1n) is 8.12. The van der Waals surface area contributed by atoms with Crippen molar-refractivity contribution in [1.82, 2.24) is 14.8 Å². The van der Waals surface area contributed by atoms with Crippen LogP contribution in [0, 0.1) is 0 Å². The molecule has 0 atom stereocenters. The Morgan fingerprint density at radius 1 is 1.12 bits per heavy atom. The number of aromatic amines is 1. The average molecular weight is 371 g/mol. The summed E-state index contributed by atoms with van der Waals surface area (Å²) in [5, 5.41) is 7.12. The molecule has 134 valence electrons. The van der Waals surface area contributed by atoms with E-state index in [1.54, 1.807) is 36.4 Å². The van der Waals surface area contributed by atoms with Crippen molar-refractivity contribution in [3.63, 3.8) is 0 Å². The number of nitrogens with zero attached hydrogens (tertiary/aromatic N) is 2. The van der Waals surface area contributed by atoms with E-state index in [1.807, 2.05) is 12.1 Å². The van der Waals surface area contributed by atoms with Gasteiger partial charge in [0.1, 0.15) is 0 Å². The molecule has 0 saturated carbocycles. The van der Waals surface area contributed by atoms with Crippen LogP contribution < -0.4 is 11.0 Å². The summed E-state index contributed by atoms with van der Waals surface area (Å²) in [6.07, 6.45) is 0. The van der Waals surface area contributed by atoms with E-state index in [2.05, 4.69) is 36.2 Å². The van der Waals surface area contributed by atoms with E-state index in [-0.39, 0.29) is 11.2 Å². The maximum Gasteiger partial charge on any atom is 0.348 e. The number of carbonyl (C=O) groups excluding carboxylic acids is 1. The number of benzene rings is 2. The van der Waals surface area contributed by atoms with Gasteiger partial charge in [0, 0.05) is 0 Å². The fourth-order valence-corrected chi connectivity index (χ4v) is 2.63. The van der Waals surface area contributed by atoms with Crippen LogP contribution in [0.3, 0.4) is 0 Å². The third kappa shape index (κ3) is 3.70. The molecule has 1 heterocycles. The zero-order valence-corrected chi connectivity index (χ0v) is 15.5. The molecule has 3 rings (SSSR count). The van der Waals surface area contributed by atoms with Gasteiger partial charge in [-0.3, -0.25) is 9.78 Å². The molecule has 1 amide bonds. The van der Waals surface area contributed by atoms with Crippen molar-refractivity contribution in [2.75, 3.05) is 5.32 Å². The number of amides is 1. The molecular formula is C19H19ClN4O2. The third-order valence-electron chi connectivity index (χ3n) is 3.93. The van der Waals surface area contributed by atoms with Gasteiger partial charge in [0.05, 0.1) is 16.4 Å². The number of H-pyrrole nitrogens is 1. The Labute approximate surface area is 155 Å². The number of aromatic nitrogens is 3. The lowest BCUT2D eigenvalue weighted by Crippen LogP contribution is -2.16.